The van der Waals surface area contributed by atoms with E-state index in [-0.39, 0.29) is 11.7 Å². The van der Waals surface area contributed by atoms with Gasteiger partial charge in [-0.15, -0.1) is 0 Å². The lowest BCUT2D eigenvalue weighted by Gasteiger charge is -2.08. The Morgan fingerprint density at radius 1 is 0.952 bits per heavy atom. The number of rotatable bonds is 3. The molecule has 2 N–H and O–H groups in total. The number of nitrogens with one attached hydrogen (secondary N) is 2. The molecule has 21 heavy (non-hydrogen) atoms. The van der Waals surface area contributed by atoms with Crippen molar-refractivity contribution in [1.82, 2.24) is 4.98 Å². The van der Waals surface area contributed by atoms with E-state index < -0.39 is 0 Å². The first kappa shape index (κ1) is 13.1. The molecule has 2 aromatic carbocycles. The van der Waals surface area contributed by atoms with E-state index in [0.717, 1.165) is 10.9 Å². The number of aromatic nitrogens is 1. The molecule has 0 saturated heterocycles. The molecule has 1 amide bonds. The van der Waals surface area contributed by atoms with Gasteiger partial charge in [0.25, 0.3) is 0 Å². The number of anilines is 1. The van der Waals surface area contributed by atoms with Crippen molar-refractivity contribution in [3.05, 3.63) is 65.9 Å². The fraction of sp³-hybridized carbons (Fsp3) is 0.0588. The summed E-state index contributed by atoms with van der Waals surface area (Å²) in [6, 6.07) is 14.7. The quantitative estimate of drug-likeness (QED) is 0.722. The molecule has 4 nitrogen and oxygen atoms in total. The number of fused-ring (bicyclic) bond motifs is 1. The number of benzene rings is 2. The summed E-state index contributed by atoms with van der Waals surface area (Å²) in [7, 11) is 0. The van der Waals surface area contributed by atoms with E-state index in [1.54, 1.807) is 30.5 Å². The smallest absolute Gasteiger partial charge is 0.221 e. The van der Waals surface area contributed by atoms with Gasteiger partial charge in [0.2, 0.25) is 5.91 Å². The number of hydrogen-bond acceptors (Lipinski definition) is 2. The number of aromatic amines is 1. The van der Waals surface area contributed by atoms with Crippen LogP contribution in [0.1, 0.15) is 22.8 Å². The molecule has 0 atom stereocenters. The second kappa shape index (κ2) is 5.25. The minimum Gasteiger partial charge on any atom is -0.360 e. The molecular formula is C17H14N2O2. The third kappa shape index (κ3) is 2.43. The lowest BCUT2D eigenvalue weighted by molar-refractivity contribution is -0.114. The molecule has 0 aliphatic heterocycles. The molecule has 0 bridgehead atoms. The van der Waals surface area contributed by atoms with Crippen LogP contribution in [-0.4, -0.2) is 16.7 Å². The van der Waals surface area contributed by atoms with E-state index in [9.17, 15) is 9.59 Å². The highest BCUT2D eigenvalue weighted by molar-refractivity contribution is 6.19. The van der Waals surface area contributed by atoms with Gasteiger partial charge in [0.15, 0.2) is 5.78 Å². The minimum atomic E-state index is -0.200. The van der Waals surface area contributed by atoms with Crippen LogP contribution in [0.4, 0.5) is 5.69 Å². The summed E-state index contributed by atoms with van der Waals surface area (Å²) in [6.07, 6.45) is 1.71. The predicted octanol–water partition coefficient (Wildman–Crippen LogP) is 3.36. The normalized spacial score (nSPS) is 10.5. The Bertz CT molecular complexity index is 833. The summed E-state index contributed by atoms with van der Waals surface area (Å²) < 4.78 is 0. The van der Waals surface area contributed by atoms with Gasteiger partial charge >= 0.3 is 0 Å². The molecule has 0 saturated carbocycles. The average molecular weight is 278 g/mol. The molecule has 0 aliphatic carbocycles. The zero-order valence-corrected chi connectivity index (χ0v) is 11.5. The molecule has 1 aromatic heterocycles. The van der Waals surface area contributed by atoms with E-state index in [1.807, 2.05) is 24.3 Å². The van der Waals surface area contributed by atoms with Gasteiger partial charge in [-0.2, -0.15) is 0 Å². The Labute approximate surface area is 121 Å². The zero-order chi connectivity index (χ0) is 14.8. The number of para-hydroxylation sites is 2. The van der Waals surface area contributed by atoms with Gasteiger partial charge < -0.3 is 10.3 Å². The lowest BCUT2D eigenvalue weighted by atomic mass is 10.0. The third-order valence-corrected chi connectivity index (χ3v) is 3.32. The number of ketones is 1. The molecule has 0 fully saturated rings. The highest BCUT2D eigenvalue weighted by atomic mass is 16.1. The Balaban J connectivity index is 2.08. The molecular weight excluding hydrogens is 264 g/mol. The Morgan fingerprint density at radius 3 is 2.48 bits per heavy atom. The van der Waals surface area contributed by atoms with Crippen molar-refractivity contribution in [1.29, 1.82) is 0 Å². The van der Waals surface area contributed by atoms with E-state index in [4.69, 9.17) is 0 Å². The van der Waals surface area contributed by atoms with Crippen LogP contribution in [-0.2, 0) is 4.79 Å². The lowest BCUT2D eigenvalue weighted by Crippen LogP contribution is -2.11. The van der Waals surface area contributed by atoms with Crippen molar-refractivity contribution in [2.24, 2.45) is 0 Å². The largest absolute Gasteiger partial charge is 0.360 e. The van der Waals surface area contributed by atoms with E-state index in [2.05, 4.69) is 10.3 Å². The number of H-pyrrole nitrogens is 1. The van der Waals surface area contributed by atoms with Crippen LogP contribution in [0.25, 0.3) is 10.9 Å². The fourth-order valence-corrected chi connectivity index (χ4v) is 2.38. The highest BCUT2D eigenvalue weighted by Gasteiger charge is 2.17. The van der Waals surface area contributed by atoms with Gasteiger partial charge in [-0.25, -0.2) is 0 Å². The molecule has 3 rings (SSSR count). The van der Waals surface area contributed by atoms with Crippen LogP contribution in [0.2, 0.25) is 0 Å². The van der Waals surface area contributed by atoms with Gasteiger partial charge in [-0.05, 0) is 18.2 Å². The Morgan fingerprint density at radius 2 is 1.67 bits per heavy atom. The molecule has 4 heteroatoms. The van der Waals surface area contributed by atoms with Crippen LogP contribution in [0.3, 0.4) is 0 Å². The molecule has 1 heterocycles. The standard InChI is InChI=1S/C17H14N2O2/c1-11(20)19-16-9-5-3-7-13(16)17(21)14-10-18-15-8-4-2-6-12(14)15/h2-10,18H,1H3,(H,19,20). The number of carbonyl (C=O) groups is 2. The van der Waals surface area contributed by atoms with Crippen molar-refractivity contribution in [2.75, 3.05) is 5.32 Å². The molecule has 3 aromatic rings. The van der Waals surface area contributed by atoms with Gasteiger partial charge in [0, 0.05) is 35.2 Å². The Kier molecular flexibility index (Phi) is 3.28. The van der Waals surface area contributed by atoms with E-state index >= 15 is 0 Å². The van der Waals surface area contributed by atoms with Crippen molar-refractivity contribution in [3.63, 3.8) is 0 Å². The molecule has 0 unspecified atom stereocenters. The number of hydrogen-bond donors (Lipinski definition) is 2. The Hall–Kier alpha value is -2.88. The molecule has 104 valence electrons. The average Bonchev–Trinajstić information content (AvgIpc) is 2.90. The maximum atomic E-state index is 12.8. The van der Waals surface area contributed by atoms with Crippen LogP contribution in [0.15, 0.2) is 54.7 Å². The number of carbonyl (C=O) groups excluding carboxylic acids is 2. The first-order valence-electron chi connectivity index (χ1n) is 6.64. The fourth-order valence-electron chi connectivity index (χ4n) is 2.38. The van der Waals surface area contributed by atoms with Crippen LogP contribution < -0.4 is 5.32 Å². The first-order chi connectivity index (χ1) is 10.2. The van der Waals surface area contributed by atoms with Gasteiger partial charge in [-0.1, -0.05) is 30.3 Å². The highest BCUT2D eigenvalue weighted by Crippen LogP contribution is 2.24. The topological polar surface area (TPSA) is 62.0 Å². The minimum absolute atomic E-state index is 0.114. The van der Waals surface area contributed by atoms with Crippen molar-refractivity contribution >= 4 is 28.3 Å². The molecule has 0 radical (unpaired) electrons. The number of amides is 1. The SMILES string of the molecule is CC(=O)Nc1ccccc1C(=O)c1c[nH]c2ccccc12. The van der Waals surface area contributed by atoms with Gasteiger partial charge in [0.1, 0.15) is 0 Å². The monoisotopic (exact) mass is 278 g/mol. The van der Waals surface area contributed by atoms with E-state index in [0.29, 0.717) is 16.8 Å². The second-order valence-electron chi connectivity index (χ2n) is 4.80. The van der Waals surface area contributed by atoms with E-state index in [1.165, 1.54) is 6.92 Å². The van der Waals surface area contributed by atoms with Gasteiger partial charge in [-0.3, -0.25) is 9.59 Å². The first-order valence-corrected chi connectivity index (χ1v) is 6.64. The summed E-state index contributed by atoms with van der Waals surface area (Å²) in [6.45, 7) is 1.42. The van der Waals surface area contributed by atoms with Crippen LogP contribution in [0, 0.1) is 0 Å². The third-order valence-electron chi connectivity index (χ3n) is 3.32. The maximum absolute atomic E-state index is 12.8. The predicted molar refractivity (Wildman–Crippen MR) is 82.5 cm³/mol. The summed E-state index contributed by atoms with van der Waals surface area (Å²) in [5.41, 5.74) is 2.53. The summed E-state index contributed by atoms with van der Waals surface area (Å²) in [4.78, 5) is 27.1. The van der Waals surface area contributed by atoms with Gasteiger partial charge in [0.05, 0.1) is 5.69 Å². The van der Waals surface area contributed by atoms with Crippen LogP contribution >= 0.6 is 0 Å². The maximum Gasteiger partial charge on any atom is 0.221 e. The second-order valence-corrected chi connectivity index (χ2v) is 4.80. The molecule has 0 spiro atoms. The zero-order valence-electron chi connectivity index (χ0n) is 11.5. The summed E-state index contributed by atoms with van der Waals surface area (Å²) in [5.74, 6) is -0.314. The van der Waals surface area contributed by atoms with Crippen molar-refractivity contribution < 1.29 is 9.59 Å². The molecule has 0 aliphatic rings. The summed E-state index contributed by atoms with van der Waals surface area (Å²) >= 11 is 0. The van der Waals surface area contributed by atoms with Crippen molar-refractivity contribution in [3.8, 4) is 0 Å². The van der Waals surface area contributed by atoms with Crippen LogP contribution in [0.5, 0.6) is 0 Å². The summed E-state index contributed by atoms with van der Waals surface area (Å²) in [5, 5.41) is 3.57. The van der Waals surface area contributed by atoms with Crippen molar-refractivity contribution in [2.45, 2.75) is 6.92 Å².